The van der Waals surface area contributed by atoms with Crippen molar-refractivity contribution in [1.82, 2.24) is 20.9 Å². The molecule has 0 aliphatic heterocycles. The van der Waals surface area contributed by atoms with Crippen molar-refractivity contribution in [1.29, 1.82) is 0 Å². The highest BCUT2D eigenvalue weighted by Gasteiger charge is 2.03. The van der Waals surface area contributed by atoms with E-state index in [2.05, 4.69) is 25.9 Å². The van der Waals surface area contributed by atoms with Gasteiger partial charge in [0.1, 0.15) is 0 Å². The molecule has 0 radical (unpaired) electrons. The predicted octanol–water partition coefficient (Wildman–Crippen LogP) is 0.403. The molecule has 7 nitrogen and oxygen atoms in total. The monoisotopic (exact) mass is 307 g/mol. The van der Waals surface area contributed by atoms with Crippen LogP contribution in [0.3, 0.4) is 0 Å². The number of ether oxygens (including phenoxy) is 1. The van der Waals surface area contributed by atoms with Gasteiger partial charge in [-0.1, -0.05) is 0 Å². The van der Waals surface area contributed by atoms with Gasteiger partial charge >= 0.3 is 0 Å². The molecular weight excluding hydrogens is 282 g/mol. The zero-order valence-electron chi connectivity index (χ0n) is 13.3. The number of guanidine groups is 1. The molecule has 3 N–H and O–H groups in total. The fourth-order valence-corrected chi connectivity index (χ4v) is 1.66. The molecule has 122 valence electrons. The number of hydrogen-bond acceptors (Lipinski definition) is 4. The Morgan fingerprint density at radius 2 is 2.09 bits per heavy atom. The van der Waals surface area contributed by atoms with E-state index in [-0.39, 0.29) is 5.91 Å². The van der Waals surface area contributed by atoms with Gasteiger partial charge in [0.05, 0.1) is 18.7 Å². The minimum absolute atomic E-state index is 0.131. The van der Waals surface area contributed by atoms with Crippen LogP contribution in [0, 0.1) is 0 Å². The van der Waals surface area contributed by atoms with E-state index in [0.717, 1.165) is 12.5 Å². The number of nitrogens with one attached hydrogen (secondary N) is 3. The molecule has 1 rings (SSSR count). The molecule has 0 atom stereocenters. The molecule has 1 aromatic rings. The highest BCUT2D eigenvalue weighted by molar-refractivity contribution is 5.93. The highest BCUT2D eigenvalue weighted by atomic mass is 16.5. The third-order valence-electron chi connectivity index (χ3n) is 2.68. The first-order valence-corrected chi connectivity index (χ1v) is 7.56. The number of amides is 1. The van der Waals surface area contributed by atoms with E-state index in [1.165, 1.54) is 0 Å². The second-order valence-corrected chi connectivity index (χ2v) is 4.38. The van der Waals surface area contributed by atoms with Crippen molar-refractivity contribution in [3.63, 3.8) is 0 Å². The second kappa shape index (κ2) is 11.5. The molecule has 1 aromatic heterocycles. The van der Waals surface area contributed by atoms with Crippen LogP contribution < -0.4 is 16.0 Å². The van der Waals surface area contributed by atoms with E-state index in [1.54, 1.807) is 24.5 Å². The molecule has 22 heavy (non-hydrogen) atoms. The van der Waals surface area contributed by atoms with Crippen LogP contribution in [0.4, 0.5) is 0 Å². The van der Waals surface area contributed by atoms with E-state index >= 15 is 0 Å². The topological polar surface area (TPSA) is 87.6 Å². The Morgan fingerprint density at radius 3 is 2.77 bits per heavy atom. The van der Waals surface area contributed by atoms with Crippen molar-refractivity contribution < 1.29 is 9.53 Å². The average molecular weight is 307 g/mol. The standard InChI is InChI=1S/C15H25N5O2/c1-3-17-15(20-10-11-22-4-2)19-9-8-18-14(21)13-6-5-7-16-12-13/h5-7,12H,3-4,8-11H2,1-2H3,(H,18,21)(H2,17,19,20). The van der Waals surface area contributed by atoms with Crippen LogP contribution in [0.2, 0.25) is 0 Å². The predicted molar refractivity (Wildman–Crippen MR) is 87.0 cm³/mol. The lowest BCUT2D eigenvalue weighted by Gasteiger charge is -2.11. The van der Waals surface area contributed by atoms with Crippen molar-refractivity contribution in [2.24, 2.45) is 4.99 Å². The minimum atomic E-state index is -0.131. The molecule has 0 aromatic carbocycles. The summed E-state index contributed by atoms with van der Waals surface area (Å²) in [5.74, 6) is 0.589. The third kappa shape index (κ3) is 7.58. The number of carbonyl (C=O) groups is 1. The van der Waals surface area contributed by atoms with E-state index in [4.69, 9.17) is 4.74 Å². The number of aromatic nitrogens is 1. The van der Waals surface area contributed by atoms with Gasteiger partial charge in [-0.2, -0.15) is 0 Å². The summed E-state index contributed by atoms with van der Waals surface area (Å²) >= 11 is 0. The number of aliphatic imine (C=N–C) groups is 1. The van der Waals surface area contributed by atoms with Gasteiger partial charge in [-0.15, -0.1) is 0 Å². The molecular formula is C15H25N5O2. The fraction of sp³-hybridized carbons (Fsp3) is 0.533. The molecule has 0 unspecified atom stereocenters. The zero-order valence-corrected chi connectivity index (χ0v) is 13.3. The minimum Gasteiger partial charge on any atom is -0.380 e. The lowest BCUT2D eigenvalue weighted by atomic mass is 10.3. The summed E-state index contributed by atoms with van der Waals surface area (Å²) in [5.41, 5.74) is 0.555. The lowest BCUT2D eigenvalue weighted by Crippen LogP contribution is -2.41. The van der Waals surface area contributed by atoms with Gasteiger partial charge in [0.25, 0.3) is 5.91 Å². The van der Waals surface area contributed by atoms with Crippen molar-refractivity contribution in [3.05, 3.63) is 30.1 Å². The Bertz CT molecular complexity index is 451. The van der Waals surface area contributed by atoms with Crippen LogP contribution in [0.1, 0.15) is 24.2 Å². The Labute approximate surface area is 131 Å². The largest absolute Gasteiger partial charge is 0.380 e. The number of carbonyl (C=O) groups excluding carboxylic acids is 1. The van der Waals surface area contributed by atoms with Crippen LogP contribution in [0.25, 0.3) is 0 Å². The van der Waals surface area contributed by atoms with Gasteiger partial charge in [0.2, 0.25) is 0 Å². The molecule has 0 saturated carbocycles. The molecule has 0 bridgehead atoms. The van der Waals surface area contributed by atoms with Crippen LogP contribution in [-0.4, -0.2) is 56.2 Å². The van der Waals surface area contributed by atoms with Gasteiger partial charge < -0.3 is 20.7 Å². The summed E-state index contributed by atoms with van der Waals surface area (Å²) in [6, 6.07) is 3.47. The average Bonchev–Trinajstić information content (AvgIpc) is 2.56. The Hall–Kier alpha value is -2.15. The van der Waals surface area contributed by atoms with Gasteiger partial charge in [0.15, 0.2) is 5.96 Å². The Kier molecular flexibility index (Phi) is 9.36. The van der Waals surface area contributed by atoms with E-state index < -0.39 is 0 Å². The second-order valence-electron chi connectivity index (χ2n) is 4.38. The number of nitrogens with zero attached hydrogens (tertiary/aromatic N) is 2. The zero-order chi connectivity index (χ0) is 16.0. The van der Waals surface area contributed by atoms with Crippen LogP contribution in [-0.2, 0) is 4.74 Å². The maximum Gasteiger partial charge on any atom is 0.252 e. The molecule has 0 saturated heterocycles. The SMILES string of the molecule is CCNC(=NCCOCC)NCCNC(=O)c1cccnc1. The first-order valence-electron chi connectivity index (χ1n) is 7.56. The first-order chi connectivity index (χ1) is 10.8. The van der Waals surface area contributed by atoms with E-state index in [1.807, 2.05) is 13.8 Å². The van der Waals surface area contributed by atoms with Gasteiger partial charge in [-0.05, 0) is 26.0 Å². The number of pyridine rings is 1. The van der Waals surface area contributed by atoms with Gasteiger partial charge in [-0.3, -0.25) is 14.8 Å². The third-order valence-corrected chi connectivity index (χ3v) is 2.68. The fourth-order valence-electron chi connectivity index (χ4n) is 1.66. The lowest BCUT2D eigenvalue weighted by molar-refractivity contribution is 0.0954. The van der Waals surface area contributed by atoms with Crippen molar-refractivity contribution in [2.75, 3.05) is 39.4 Å². The quantitative estimate of drug-likeness (QED) is 0.349. The molecule has 7 heteroatoms. The highest BCUT2D eigenvalue weighted by Crippen LogP contribution is 1.94. The maximum atomic E-state index is 11.8. The maximum absolute atomic E-state index is 11.8. The summed E-state index contributed by atoms with van der Waals surface area (Å²) in [6.07, 6.45) is 3.18. The molecule has 0 aliphatic carbocycles. The molecule has 1 amide bonds. The molecule has 0 spiro atoms. The van der Waals surface area contributed by atoms with Crippen molar-refractivity contribution in [3.8, 4) is 0 Å². The smallest absolute Gasteiger partial charge is 0.252 e. The van der Waals surface area contributed by atoms with Crippen LogP contribution >= 0.6 is 0 Å². The summed E-state index contributed by atoms with van der Waals surface area (Å²) in [7, 11) is 0. The van der Waals surface area contributed by atoms with Gasteiger partial charge in [0, 0.05) is 38.6 Å². The number of hydrogen-bond donors (Lipinski definition) is 3. The van der Waals surface area contributed by atoms with E-state index in [9.17, 15) is 4.79 Å². The molecule has 0 fully saturated rings. The van der Waals surface area contributed by atoms with Crippen molar-refractivity contribution >= 4 is 11.9 Å². The van der Waals surface area contributed by atoms with Crippen molar-refractivity contribution in [2.45, 2.75) is 13.8 Å². The van der Waals surface area contributed by atoms with E-state index in [0.29, 0.717) is 38.4 Å². The van der Waals surface area contributed by atoms with Crippen LogP contribution in [0.15, 0.2) is 29.5 Å². The normalized spacial score (nSPS) is 11.1. The van der Waals surface area contributed by atoms with Gasteiger partial charge in [-0.25, -0.2) is 0 Å². The number of rotatable bonds is 9. The summed E-state index contributed by atoms with van der Waals surface area (Å²) in [6.45, 7) is 7.73. The Balaban J connectivity index is 2.26. The first kappa shape index (κ1) is 17.9. The molecule has 0 aliphatic rings. The summed E-state index contributed by atoms with van der Waals surface area (Å²) in [4.78, 5) is 20.1. The van der Waals surface area contributed by atoms with Crippen LogP contribution in [0.5, 0.6) is 0 Å². The summed E-state index contributed by atoms with van der Waals surface area (Å²) in [5, 5.41) is 9.12. The summed E-state index contributed by atoms with van der Waals surface area (Å²) < 4.78 is 5.24. The molecule has 1 heterocycles. The Morgan fingerprint density at radius 1 is 1.27 bits per heavy atom.